The number of halogens is 2. The largest absolute Gasteiger partial charge is 0.423 e. The standard InChI is InChI=1S/C15H10Cl2N2O2/c1-19(14(20)9-6-7-10(16)11(17)8-9)15-18-12-4-2-3-5-13(12)21-15/h2-8H,1H3. The number of amides is 1. The summed E-state index contributed by atoms with van der Waals surface area (Å²) >= 11 is 11.8. The average Bonchev–Trinajstić information content (AvgIpc) is 2.92. The maximum Gasteiger partial charge on any atom is 0.305 e. The Hall–Kier alpha value is -2.04. The summed E-state index contributed by atoms with van der Waals surface area (Å²) in [6, 6.07) is 12.3. The lowest BCUT2D eigenvalue weighted by molar-refractivity contribution is 0.0988. The van der Waals surface area contributed by atoms with Gasteiger partial charge in [0, 0.05) is 12.6 Å². The molecule has 0 fully saturated rings. The molecule has 0 unspecified atom stereocenters. The van der Waals surface area contributed by atoms with Crippen molar-refractivity contribution in [2.24, 2.45) is 0 Å². The fourth-order valence-electron chi connectivity index (χ4n) is 1.91. The first-order valence-corrected chi connectivity index (χ1v) is 6.90. The van der Waals surface area contributed by atoms with E-state index in [0.29, 0.717) is 26.7 Å². The molecule has 2 aromatic carbocycles. The Kier molecular flexibility index (Phi) is 3.57. The molecule has 0 aliphatic rings. The number of rotatable bonds is 2. The molecule has 0 saturated heterocycles. The number of carbonyl (C=O) groups is 1. The molecule has 21 heavy (non-hydrogen) atoms. The minimum atomic E-state index is -0.278. The topological polar surface area (TPSA) is 46.3 Å². The van der Waals surface area contributed by atoms with E-state index in [1.807, 2.05) is 18.2 Å². The smallest absolute Gasteiger partial charge is 0.305 e. The molecule has 1 amide bonds. The molecule has 1 heterocycles. The van der Waals surface area contributed by atoms with Gasteiger partial charge in [0.2, 0.25) is 0 Å². The number of hydrogen-bond acceptors (Lipinski definition) is 3. The van der Waals surface area contributed by atoms with Gasteiger partial charge < -0.3 is 4.42 Å². The Labute approximate surface area is 130 Å². The highest BCUT2D eigenvalue weighted by molar-refractivity contribution is 6.42. The number of aromatic nitrogens is 1. The summed E-state index contributed by atoms with van der Waals surface area (Å²) in [5.74, 6) is -0.278. The molecule has 0 bridgehead atoms. The summed E-state index contributed by atoms with van der Waals surface area (Å²) in [6.07, 6.45) is 0. The normalized spacial score (nSPS) is 10.8. The first-order chi connectivity index (χ1) is 10.1. The van der Waals surface area contributed by atoms with Crippen LogP contribution in [0.4, 0.5) is 6.01 Å². The van der Waals surface area contributed by atoms with E-state index in [0.717, 1.165) is 0 Å². The maximum atomic E-state index is 12.4. The highest BCUT2D eigenvalue weighted by Gasteiger charge is 2.19. The summed E-state index contributed by atoms with van der Waals surface area (Å²) < 4.78 is 5.56. The SMILES string of the molecule is CN(C(=O)c1ccc(Cl)c(Cl)c1)c1nc2ccccc2o1. The summed E-state index contributed by atoms with van der Waals surface area (Å²) in [5, 5.41) is 0.728. The van der Waals surface area contributed by atoms with E-state index >= 15 is 0 Å². The van der Waals surface area contributed by atoms with Gasteiger partial charge in [-0.25, -0.2) is 0 Å². The highest BCUT2D eigenvalue weighted by Crippen LogP contribution is 2.25. The Morgan fingerprint density at radius 1 is 1.14 bits per heavy atom. The second-order valence-electron chi connectivity index (χ2n) is 4.46. The number of carbonyl (C=O) groups excluding carboxylic acids is 1. The number of nitrogens with zero attached hydrogens (tertiary/aromatic N) is 2. The van der Waals surface area contributed by atoms with Crippen LogP contribution < -0.4 is 4.90 Å². The van der Waals surface area contributed by atoms with Gasteiger partial charge in [0.1, 0.15) is 5.52 Å². The third kappa shape index (κ3) is 2.60. The van der Waals surface area contributed by atoms with Gasteiger partial charge in [-0.1, -0.05) is 35.3 Å². The molecule has 3 rings (SSSR count). The first-order valence-electron chi connectivity index (χ1n) is 6.15. The molecular weight excluding hydrogens is 311 g/mol. The van der Waals surface area contributed by atoms with Crippen molar-refractivity contribution in [3.05, 3.63) is 58.1 Å². The fraction of sp³-hybridized carbons (Fsp3) is 0.0667. The van der Waals surface area contributed by atoms with Crippen LogP contribution in [0.25, 0.3) is 11.1 Å². The van der Waals surface area contributed by atoms with Crippen molar-refractivity contribution in [3.63, 3.8) is 0 Å². The zero-order valence-corrected chi connectivity index (χ0v) is 12.5. The van der Waals surface area contributed by atoms with Crippen LogP contribution in [-0.4, -0.2) is 17.9 Å². The van der Waals surface area contributed by atoms with Gasteiger partial charge in [-0.2, -0.15) is 4.98 Å². The van der Waals surface area contributed by atoms with Crippen LogP contribution in [0.1, 0.15) is 10.4 Å². The fourth-order valence-corrected chi connectivity index (χ4v) is 2.21. The van der Waals surface area contributed by atoms with Crippen LogP contribution >= 0.6 is 23.2 Å². The molecule has 0 saturated carbocycles. The predicted octanol–water partition coefficient (Wildman–Crippen LogP) is 4.41. The van der Waals surface area contributed by atoms with E-state index in [1.165, 1.54) is 11.0 Å². The van der Waals surface area contributed by atoms with Crippen molar-refractivity contribution in [3.8, 4) is 0 Å². The van der Waals surface area contributed by atoms with Gasteiger partial charge in [-0.15, -0.1) is 0 Å². The molecule has 0 aliphatic heterocycles. The van der Waals surface area contributed by atoms with Crippen molar-refractivity contribution in [1.82, 2.24) is 4.98 Å². The summed E-state index contributed by atoms with van der Waals surface area (Å²) in [6.45, 7) is 0. The minimum Gasteiger partial charge on any atom is -0.423 e. The molecule has 0 aliphatic carbocycles. The lowest BCUT2D eigenvalue weighted by atomic mass is 10.2. The van der Waals surface area contributed by atoms with Gasteiger partial charge in [0.25, 0.3) is 5.91 Å². The van der Waals surface area contributed by atoms with Crippen molar-refractivity contribution >= 4 is 46.2 Å². The minimum absolute atomic E-state index is 0.229. The molecule has 0 spiro atoms. The molecule has 106 valence electrons. The van der Waals surface area contributed by atoms with Crippen molar-refractivity contribution in [2.75, 3.05) is 11.9 Å². The van der Waals surface area contributed by atoms with E-state index in [9.17, 15) is 4.79 Å². The van der Waals surface area contributed by atoms with Crippen LogP contribution in [0, 0.1) is 0 Å². The second kappa shape index (κ2) is 5.39. The lowest BCUT2D eigenvalue weighted by Gasteiger charge is -2.12. The second-order valence-corrected chi connectivity index (χ2v) is 5.27. The molecule has 1 aromatic heterocycles. The summed E-state index contributed by atoms with van der Waals surface area (Å²) in [4.78, 5) is 18.0. The van der Waals surface area contributed by atoms with Crippen molar-refractivity contribution in [2.45, 2.75) is 0 Å². The van der Waals surface area contributed by atoms with Gasteiger partial charge in [0.15, 0.2) is 5.58 Å². The quantitative estimate of drug-likeness (QED) is 0.702. The van der Waals surface area contributed by atoms with Crippen LogP contribution in [0.3, 0.4) is 0 Å². The highest BCUT2D eigenvalue weighted by atomic mass is 35.5. The third-order valence-electron chi connectivity index (χ3n) is 3.04. The zero-order valence-electron chi connectivity index (χ0n) is 11.0. The number of benzene rings is 2. The van der Waals surface area contributed by atoms with Gasteiger partial charge >= 0.3 is 6.01 Å². The van der Waals surface area contributed by atoms with Crippen LogP contribution in [0.5, 0.6) is 0 Å². The predicted molar refractivity (Wildman–Crippen MR) is 83.2 cm³/mol. The molecular formula is C15H10Cl2N2O2. The number of fused-ring (bicyclic) bond motifs is 1. The number of anilines is 1. The van der Waals surface area contributed by atoms with E-state index in [1.54, 1.807) is 25.2 Å². The molecule has 6 heteroatoms. The van der Waals surface area contributed by atoms with Crippen LogP contribution in [-0.2, 0) is 0 Å². The van der Waals surface area contributed by atoms with Gasteiger partial charge in [-0.3, -0.25) is 9.69 Å². The van der Waals surface area contributed by atoms with Crippen LogP contribution in [0.2, 0.25) is 10.0 Å². The molecule has 0 radical (unpaired) electrons. The van der Waals surface area contributed by atoms with Crippen molar-refractivity contribution in [1.29, 1.82) is 0 Å². The Balaban J connectivity index is 1.94. The number of hydrogen-bond donors (Lipinski definition) is 0. The van der Waals surface area contributed by atoms with E-state index in [-0.39, 0.29) is 11.9 Å². The van der Waals surface area contributed by atoms with E-state index < -0.39 is 0 Å². The number of para-hydroxylation sites is 2. The number of oxazole rings is 1. The lowest BCUT2D eigenvalue weighted by Crippen LogP contribution is -2.26. The van der Waals surface area contributed by atoms with E-state index in [4.69, 9.17) is 27.6 Å². The van der Waals surface area contributed by atoms with Crippen molar-refractivity contribution < 1.29 is 9.21 Å². The van der Waals surface area contributed by atoms with Gasteiger partial charge in [-0.05, 0) is 30.3 Å². The monoisotopic (exact) mass is 320 g/mol. The Morgan fingerprint density at radius 3 is 2.62 bits per heavy atom. The zero-order chi connectivity index (χ0) is 15.0. The van der Waals surface area contributed by atoms with Crippen LogP contribution in [0.15, 0.2) is 46.9 Å². The maximum absolute atomic E-state index is 12.4. The van der Waals surface area contributed by atoms with E-state index in [2.05, 4.69) is 4.98 Å². The van der Waals surface area contributed by atoms with Gasteiger partial charge in [0.05, 0.1) is 10.0 Å². The molecule has 0 atom stereocenters. The Morgan fingerprint density at radius 2 is 1.90 bits per heavy atom. The molecule has 0 N–H and O–H groups in total. The Bertz CT molecular complexity index is 796. The first kappa shape index (κ1) is 13.9. The summed E-state index contributed by atoms with van der Waals surface area (Å²) in [7, 11) is 1.59. The third-order valence-corrected chi connectivity index (χ3v) is 3.78. The molecule has 4 nitrogen and oxygen atoms in total. The average molecular weight is 321 g/mol. The summed E-state index contributed by atoms with van der Waals surface area (Å²) in [5.41, 5.74) is 1.73. The molecule has 3 aromatic rings.